The number of fused-ring (bicyclic) bond motifs is 2. The number of ether oxygens (including phenoxy) is 1. The first-order valence-corrected chi connectivity index (χ1v) is 16.8. The fourth-order valence-corrected chi connectivity index (χ4v) is 8.74. The van der Waals surface area contributed by atoms with Gasteiger partial charge in [-0.15, -0.1) is 10.8 Å². The van der Waals surface area contributed by atoms with Crippen LogP contribution < -0.4 is 16.4 Å². The summed E-state index contributed by atoms with van der Waals surface area (Å²) in [5.74, 6) is -1.17. The Morgan fingerprint density at radius 1 is 1.21 bits per heavy atom. The van der Waals surface area contributed by atoms with Crippen molar-refractivity contribution in [2.24, 2.45) is 11.7 Å². The Morgan fingerprint density at radius 3 is 2.76 bits per heavy atom. The number of halogens is 2. The third kappa shape index (κ3) is 7.15. The minimum absolute atomic E-state index is 0.0675. The summed E-state index contributed by atoms with van der Waals surface area (Å²) in [6.45, 7) is 3.78. The van der Waals surface area contributed by atoms with Gasteiger partial charge in [-0.3, -0.25) is 13.9 Å². The zero-order chi connectivity index (χ0) is 29.9. The summed E-state index contributed by atoms with van der Waals surface area (Å²) in [6, 6.07) is 9.85. The standard InChI is InChI=1S/C31H44F2N4O4S/c1-2-25-17-21(14-15-41-25)29(20-8-10-22(32)11-9-20)30(34)31(38)36-28-7-3-6-27(33)26(28)13-12-24-18-35-23-5-4-16-42(39,40)37(24)19-23/h3,6-11,21,23-25,29-30,35,39-40H,2,4-5,12-19,34H2,1H3,(H,36,38)/t21-,23+,24-,25-,29-,30-/m0/s1. The van der Waals surface area contributed by atoms with Crippen molar-refractivity contribution < 1.29 is 27.4 Å². The molecule has 11 heteroatoms. The number of anilines is 1. The zero-order valence-electron chi connectivity index (χ0n) is 24.2. The van der Waals surface area contributed by atoms with E-state index in [1.165, 1.54) is 18.2 Å². The van der Waals surface area contributed by atoms with Gasteiger partial charge < -0.3 is 21.1 Å². The van der Waals surface area contributed by atoms with E-state index in [2.05, 4.69) is 17.6 Å². The summed E-state index contributed by atoms with van der Waals surface area (Å²) in [5.41, 5.74) is 8.18. The molecule has 5 rings (SSSR count). The van der Waals surface area contributed by atoms with Crippen molar-refractivity contribution in [3.8, 4) is 0 Å². The molecular weight excluding hydrogens is 562 g/mol. The van der Waals surface area contributed by atoms with Crippen molar-refractivity contribution in [2.45, 2.75) is 82.0 Å². The molecule has 6 N–H and O–H groups in total. The van der Waals surface area contributed by atoms with Crippen LogP contribution in [0.15, 0.2) is 42.5 Å². The van der Waals surface area contributed by atoms with Gasteiger partial charge in [-0.05, 0) is 80.7 Å². The fraction of sp³-hybridized carbons (Fsp3) is 0.581. The van der Waals surface area contributed by atoms with E-state index in [0.29, 0.717) is 49.5 Å². The summed E-state index contributed by atoms with van der Waals surface area (Å²) in [6.07, 6.45) is 4.85. The number of amides is 1. The number of hydrogen-bond acceptors (Lipinski definition) is 7. The van der Waals surface area contributed by atoms with Crippen LogP contribution in [0.2, 0.25) is 0 Å². The van der Waals surface area contributed by atoms with Crippen molar-refractivity contribution in [3.05, 3.63) is 65.2 Å². The van der Waals surface area contributed by atoms with Crippen LogP contribution in [-0.4, -0.2) is 69.0 Å². The lowest BCUT2D eigenvalue weighted by molar-refractivity contribution is -0.118. The Bertz CT molecular complexity index is 1220. The highest BCUT2D eigenvalue weighted by Crippen LogP contribution is 2.49. The number of hydrogen-bond donors (Lipinski definition) is 5. The molecule has 3 saturated heterocycles. The molecule has 3 aliphatic rings. The quantitative estimate of drug-likeness (QED) is 0.264. The van der Waals surface area contributed by atoms with Crippen molar-refractivity contribution in [3.63, 3.8) is 0 Å². The van der Waals surface area contributed by atoms with Crippen LogP contribution >= 0.6 is 10.8 Å². The molecule has 42 heavy (non-hydrogen) atoms. The molecule has 3 fully saturated rings. The highest BCUT2D eigenvalue weighted by Gasteiger charge is 2.39. The number of piperazine rings is 1. The summed E-state index contributed by atoms with van der Waals surface area (Å²) >= 11 is 0. The lowest BCUT2D eigenvalue weighted by Crippen LogP contribution is -2.55. The van der Waals surface area contributed by atoms with Gasteiger partial charge in [-0.2, -0.15) is 0 Å². The second-order valence-electron chi connectivity index (χ2n) is 11.9. The molecule has 0 spiro atoms. The molecule has 7 atom stereocenters. The van der Waals surface area contributed by atoms with E-state index in [9.17, 15) is 18.3 Å². The molecule has 0 saturated carbocycles. The summed E-state index contributed by atoms with van der Waals surface area (Å²) in [5, 5.41) is 6.40. The monoisotopic (exact) mass is 606 g/mol. The lowest BCUT2D eigenvalue weighted by atomic mass is 9.75. The normalized spacial score (nSPS) is 29.6. The van der Waals surface area contributed by atoms with E-state index in [1.807, 2.05) is 0 Å². The van der Waals surface area contributed by atoms with Crippen LogP contribution in [0.1, 0.15) is 62.5 Å². The smallest absolute Gasteiger partial charge is 0.241 e. The Balaban J connectivity index is 1.33. The molecule has 2 aromatic carbocycles. The van der Waals surface area contributed by atoms with Gasteiger partial charge in [-0.1, -0.05) is 25.1 Å². The van der Waals surface area contributed by atoms with Crippen LogP contribution in [0.5, 0.6) is 0 Å². The predicted octanol–water partition coefficient (Wildman–Crippen LogP) is 5.25. The van der Waals surface area contributed by atoms with Crippen molar-refractivity contribution in [2.75, 3.05) is 30.8 Å². The predicted molar refractivity (Wildman–Crippen MR) is 162 cm³/mol. The second-order valence-corrected chi connectivity index (χ2v) is 14.1. The first-order valence-electron chi connectivity index (χ1n) is 15.1. The minimum Gasteiger partial charge on any atom is -0.378 e. The Kier molecular flexibility index (Phi) is 10.2. The summed E-state index contributed by atoms with van der Waals surface area (Å²) < 4.78 is 58.2. The third-order valence-corrected chi connectivity index (χ3v) is 11.3. The Hall–Kier alpha value is -2.12. The third-order valence-electron chi connectivity index (χ3n) is 9.22. The topological polar surface area (TPSA) is 120 Å². The molecule has 2 aromatic rings. The van der Waals surface area contributed by atoms with E-state index in [1.54, 1.807) is 28.6 Å². The zero-order valence-corrected chi connectivity index (χ0v) is 25.0. The van der Waals surface area contributed by atoms with Crippen molar-refractivity contribution in [1.82, 2.24) is 9.62 Å². The average molecular weight is 607 g/mol. The van der Waals surface area contributed by atoms with Crippen LogP contribution in [0.4, 0.5) is 14.5 Å². The number of nitrogens with one attached hydrogen (secondary N) is 2. The molecule has 8 nitrogen and oxygen atoms in total. The lowest BCUT2D eigenvalue weighted by Gasteiger charge is -2.49. The van der Waals surface area contributed by atoms with Gasteiger partial charge in [0.15, 0.2) is 0 Å². The molecule has 1 unspecified atom stereocenters. The van der Waals surface area contributed by atoms with Crippen LogP contribution in [-0.2, 0) is 16.0 Å². The van der Waals surface area contributed by atoms with Gasteiger partial charge in [0.05, 0.1) is 17.9 Å². The molecule has 0 aliphatic carbocycles. The van der Waals surface area contributed by atoms with Gasteiger partial charge in [0.1, 0.15) is 11.6 Å². The molecule has 2 bridgehead atoms. The van der Waals surface area contributed by atoms with E-state index in [4.69, 9.17) is 10.5 Å². The fourth-order valence-electron chi connectivity index (χ4n) is 6.87. The molecule has 3 heterocycles. The van der Waals surface area contributed by atoms with E-state index in [-0.39, 0.29) is 35.8 Å². The minimum atomic E-state index is -2.87. The summed E-state index contributed by atoms with van der Waals surface area (Å²) in [7, 11) is -2.87. The van der Waals surface area contributed by atoms with Crippen LogP contribution in [0, 0.1) is 17.6 Å². The largest absolute Gasteiger partial charge is 0.378 e. The van der Waals surface area contributed by atoms with Gasteiger partial charge in [0.2, 0.25) is 5.91 Å². The van der Waals surface area contributed by atoms with Gasteiger partial charge in [-0.25, -0.2) is 13.1 Å². The number of rotatable bonds is 9. The number of nitrogens with zero attached hydrogens (tertiary/aromatic N) is 1. The second kappa shape index (κ2) is 13.7. The van der Waals surface area contributed by atoms with Crippen molar-refractivity contribution in [1.29, 1.82) is 0 Å². The first-order chi connectivity index (χ1) is 20.2. The van der Waals surface area contributed by atoms with E-state index in [0.717, 1.165) is 37.7 Å². The Morgan fingerprint density at radius 2 is 2.00 bits per heavy atom. The van der Waals surface area contributed by atoms with E-state index < -0.39 is 28.5 Å². The van der Waals surface area contributed by atoms with Gasteiger partial charge in [0, 0.05) is 48.9 Å². The van der Waals surface area contributed by atoms with Crippen molar-refractivity contribution >= 4 is 22.4 Å². The SMILES string of the molecule is CC[C@H]1C[C@@H]([C@H](c2ccc(F)cc2)[C@H](N)C(=O)Nc2cccc(F)c2CC[C@H]2CN[C@@H]3CCCS(O)(O)N2C3)CCO1. The Labute approximate surface area is 248 Å². The number of carbonyl (C=O) groups excluding carboxylic acids is 1. The number of carbonyl (C=O) groups is 1. The molecule has 0 aromatic heterocycles. The highest BCUT2D eigenvalue weighted by atomic mass is 32.3. The molecule has 3 aliphatic heterocycles. The molecule has 232 valence electrons. The average Bonchev–Trinajstić information content (AvgIpc) is 3.09. The molecule has 0 radical (unpaired) electrons. The van der Waals surface area contributed by atoms with E-state index >= 15 is 4.39 Å². The molecule has 1 amide bonds. The summed E-state index contributed by atoms with van der Waals surface area (Å²) in [4.78, 5) is 13.7. The van der Waals surface area contributed by atoms with Gasteiger partial charge in [0.25, 0.3) is 0 Å². The maximum Gasteiger partial charge on any atom is 0.241 e. The maximum atomic E-state index is 15.2. The first kappa shape index (κ1) is 31.3. The van der Waals surface area contributed by atoms with Gasteiger partial charge >= 0.3 is 0 Å². The number of benzene rings is 2. The maximum absolute atomic E-state index is 15.2. The van der Waals surface area contributed by atoms with Crippen LogP contribution in [0.25, 0.3) is 0 Å². The van der Waals surface area contributed by atoms with Crippen LogP contribution in [0.3, 0.4) is 0 Å². The molecular formula is C31H44F2N4O4S. The highest BCUT2D eigenvalue weighted by molar-refractivity contribution is 8.22. The number of nitrogens with two attached hydrogens (primary N) is 1.